The van der Waals surface area contributed by atoms with Crippen LogP contribution in [0.15, 0.2) is 12.2 Å². The van der Waals surface area contributed by atoms with Crippen molar-refractivity contribution in [3.05, 3.63) is 12.2 Å². The fourth-order valence-corrected chi connectivity index (χ4v) is 14.2. The van der Waals surface area contributed by atoms with Gasteiger partial charge in [0.25, 0.3) is 0 Å². The average molecular weight is 681 g/mol. The van der Waals surface area contributed by atoms with Crippen molar-refractivity contribution in [1.29, 1.82) is 0 Å². The van der Waals surface area contributed by atoms with E-state index in [9.17, 15) is 24.6 Å². The zero-order chi connectivity index (χ0) is 36.3. The number of nitrogens with one attached hydrogen (secondary N) is 2. The van der Waals surface area contributed by atoms with Gasteiger partial charge >= 0.3 is 5.97 Å². The fraction of sp³-hybridized carbons (Fsp3) is 0.881. The lowest BCUT2D eigenvalue weighted by atomic mass is 9.32. The van der Waals surface area contributed by atoms with Gasteiger partial charge in [-0.3, -0.25) is 9.59 Å². The van der Waals surface area contributed by atoms with Gasteiger partial charge in [-0.2, -0.15) is 0 Å². The summed E-state index contributed by atoms with van der Waals surface area (Å²) in [7, 11) is 0. The van der Waals surface area contributed by atoms with Gasteiger partial charge in [0.1, 0.15) is 6.04 Å². The number of aliphatic carboxylic acids is 1. The predicted molar refractivity (Wildman–Crippen MR) is 193 cm³/mol. The van der Waals surface area contributed by atoms with Crippen molar-refractivity contribution in [2.45, 2.75) is 158 Å². The van der Waals surface area contributed by atoms with Crippen LogP contribution in [0.1, 0.15) is 140 Å². The van der Waals surface area contributed by atoms with E-state index in [1.54, 1.807) is 13.8 Å². The molecule has 6 aliphatic rings. The Labute approximate surface area is 296 Å². The quantitative estimate of drug-likeness (QED) is 0.205. The van der Waals surface area contributed by atoms with Crippen LogP contribution in [0, 0.1) is 73.9 Å². The highest BCUT2D eigenvalue weighted by Crippen LogP contribution is 2.77. The highest BCUT2D eigenvalue weighted by molar-refractivity contribution is 5.88. The van der Waals surface area contributed by atoms with Gasteiger partial charge < -0.3 is 20.8 Å². The van der Waals surface area contributed by atoms with E-state index in [1.165, 1.54) is 24.8 Å². The van der Waals surface area contributed by atoms with Crippen LogP contribution in [-0.2, 0) is 14.4 Å². The molecule has 2 amide bonds. The summed E-state index contributed by atoms with van der Waals surface area (Å²) in [5.41, 5.74) is 0.791. The van der Waals surface area contributed by atoms with Crippen molar-refractivity contribution in [3.63, 3.8) is 0 Å². The molecule has 0 unspecified atom stereocenters. The Balaban J connectivity index is 1.25. The van der Waals surface area contributed by atoms with Crippen molar-refractivity contribution in [2.24, 2.45) is 73.9 Å². The zero-order valence-electron chi connectivity index (χ0n) is 32.4. The Hall–Kier alpha value is -1.89. The summed E-state index contributed by atoms with van der Waals surface area (Å²) in [5, 5.41) is 27.0. The maximum atomic E-state index is 14.8. The summed E-state index contributed by atoms with van der Waals surface area (Å²) in [6.45, 7) is 26.8. The molecule has 0 saturated heterocycles. The van der Waals surface area contributed by atoms with E-state index in [-0.39, 0.29) is 63.4 Å². The van der Waals surface area contributed by atoms with Crippen molar-refractivity contribution >= 4 is 17.8 Å². The number of allylic oxidation sites excluding steroid dienone is 1. The molecule has 6 aliphatic carbocycles. The molecule has 276 valence electrons. The van der Waals surface area contributed by atoms with Gasteiger partial charge in [0.2, 0.25) is 11.8 Å². The second kappa shape index (κ2) is 11.8. The maximum Gasteiger partial charge on any atom is 0.326 e. The minimum Gasteiger partial charge on any atom is -0.480 e. The van der Waals surface area contributed by atoms with Gasteiger partial charge in [0, 0.05) is 12.0 Å². The first kappa shape index (κ1) is 36.9. The first-order chi connectivity index (χ1) is 22.6. The standard InChI is InChI=1S/C42H68N2O5/c1-23(2)25-14-19-42(36(49)43-30-22-27(37(30,5)6)34(46)44-33(24(3)4)35(47)48)21-20-40(10)26(32(25)42)12-13-29-39(9)17-16-31(45)38(7,8)28(39)15-18-41(29,40)11/h24-33,45H,1,12-22H2,2-11H3,(H,43,49)(H,44,46)(H,47,48)/t25-,26+,27+,28-,29+,30+,31-,32+,33-,39-,40+,41+,42-/m0/s1. The second-order valence-corrected chi connectivity index (χ2v) is 20.4. The van der Waals surface area contributed by atoms with Gasteiger partial charge in [-0.25, -0.2) is 4.79 Å². The fourth-order valence-electron chi connectivity index (χ4n) is 14.2. The van der Waals surface area contributed by atoms with Crippen molar-refractivity contribution in [2.75, 3.05) is 0 Å². The molecule has 49 heavy (non-hydrogen) atoms. The Bertz CT molecular complexity index is 1390. The monoisotopic (exact) mass is 681 g/mol. The number of amides is 2. The van der Waals surface area contributed by atoms with Crippen LogP contribution in [0.3, 0.4) is 0 Å². The van der Waals surface area contributed by atoms with E-state index in [2.05, 4.69) is 58.8 Å². The van der Waals surface area contributed by atoms with Crippen molar-refractivity contribution in [1.82, 2.24) is 10.6 Å². The Morgan fingerprint density at radius 2 is 1.47 bits per heavy atom. The summed E-state index contributed by atoms with van der Waals surface area (Å²) < 4.78 is 0. The number of rotatable bonds is 7. The van der Waals surface area contributed by atoms with Crippen LogP contribution in [0.2, 0.25) is 0 Å². The number of carboxylic acid groups (broad SMARTS) is 1. The minimum absolute atomic E-state index is 0.0657. The summed E-state index contributed by atoms with van der Waals surface area (Å²) in [6, 6.07) is -1.05. The number of aliphatic hydroxyl groups excluding tert-OH is 1. The molecular formula is C42H68N2O5. The van der Waals surface area contributed by atoms with Crippen LogP contribution in [0.4, 0.5) is 0 Å². The topological polar surface area (TPSA) is 116 Å². The molecule has 0 aliphatic heterocycles. The van der Waals surface area contributed by atoms with E-state index in [0.717, 1.165) is 44.9 Å². The third-order valence-corrected chi connectivity index (χ3v) is 17.6. The summed E-state index contributed by atoms with van der Waals surface area (Å²) >= 11 is 0. The smallest absolute Gasteiger partial charge is 0.326 e. The SMILES string of the molecule is C=C(C)[C@@H]1CC[C@]2(C(=O)N[C@@H]3C[C@H](C(=O)N[C@H](C(=O)O)C(C)C)C3(C)C)CC[C@]3(C)[C@H](CC[C@@H]4[C@@]5(C)CC[C@H](O)C(C)(C)[C@@H]5CC[C@]43C)[C@@H]12. The Kier molecular flexibility index (Phi) is 8.90. The minimum atomic E-state index is -1.01. The molecule has 6 saturated carbocycles. The number of aliphatic hydroxyl groups is 1. The van der Waals surface area contributed by atoms with Gasteiger partial charge in [-0.15, -0.1) is 0 Å². The summed E-state index contributed by atoms with van der Waals surface area (Å²) in [6.07, 6.45) is 10.9. The van der Waals surface area contributed by atoms with Crippen LogP contribution >= 0.6 is 0 Å². The molecule has 7 nitrogen and oxygen atoms in total. The van der Waals surface area contributed by atoms with Gasteiger partial charge in [-0.1, -0.05) is 74.5 Å². The number of carbonyl (C=O) groups excluding carboxylic acids is 2. The Morgan fingerprint density at radius 1 is 0.796 bits per heavy atom. The van der Waals surface area contributed by atoms with E-state index < -0.39 is 22.8 Å². The molecule has 0 radical (unpaired) electrons. The van der Waals surface area contributed by atoms with E-state index in [4.69, 9.17) is 0 Å². The number of hydrogen-bond donors (Lipinski definition) is 4. The predicted octanol–water partition coefficient (Wildman–Crippen LogP) is 7.76. The number of carbonyl (C=O) groups is 3. The second-order valence-electron chi connectivity index (χ2n) is 20.4. The van der Waals surface area contributed by atoms with E-state index in [1.807, 2.05) is 13.8 Å². The molecule has 4 N–H and O–H groups in total. The van der Waals surface area contributed by atoms with Gasteiger partial charge in [0.15, 0.2) is 0 Å². The van der Waals surface area contributed by atoms with E-state index >= 15 is 0 Å². The van der Waals surface area contributed by atoms with Crippen LogP contribution < -0.4 is 10.6 Å². The number of hydrogen-bond acceptors (Lipinski definition) is 4. The van der Waals surface area contributed by atoms with Crippen molar-refractivity contribution in [3.8, 4) is 0 Å². The molecule has 0 aromatic carbocycles. The van der Waals surface area contributed by atoms with Gasteiger partial charge in [-0.05, 0) is 140 Å². The maximum absolute atomic E-state index is 14.8. The highest BCUT2D eigenvalue weighted by atomic mass is 16.4. The van der Waals surface area contributed by atoms with E-state index in [0.29, 0.717) is 30.1 Å². The molecule has 0 aromatic heterocycles. The van der Waals surface area contributed by atoms with Gasteiger partial charge in [0.05, 0.1) is 11.5 Å². The molecular weight excluding hydrogens is 612 g/mol. The third-order valence-electron chi connectivity index (χ3n) is 17.6. The molecule has 0 spiro atoms. The van der Waals surface area contributed by atoms with Crippen LogP contribution in [0.25, 0.3) is 0 Å². The zero-order valence-corrected chi connectivity index (χ0v) is 32.4. The first-order valence-corrected chi connectivity index (χ1v) is 19.8. The lowest BCUT2D eigenvalue weighted by Gasteiger charge is -2.72. The molecule has 0 heterocycles. The molecule has 7 heteroatoms. The Morgan fingerprint density at radius 3 is 2.06 bits per heavy atom. The lowest BCUT2D eigenvalue weighted by Crippen LogP contribution is -2.68. The molecule has 0 aromatic rings. The molecule has 6 fully saturated rings. The molecule has 13 atom stereocenters. The summed E-state index contributed by atoms with van der Waals surface area (Å²) in [5.74, 6) is 0.585. The van der Waals surface area contributed by atoms with Crippen LogP contribution in [0.5, 0.6) is 0 Å². The largest absolute Gasteiger partial charge is 0.480 e. The van der Waals surface area contributed by atoms with Crippen molar-refractivity contribution < 1.29 is 24.6 Å². The first-order valence-electron chi connectivity index (χ1n) is 19.8. The number of fused-ring (bicyclic) bond motifs is 7. The van der Waals surface area contributed by atoms with Crippen LogP contribution in [-0.4, -0.2) is 46.2 Å². The lowest BCUT2D eigenvalue weighted by molar-refractivity contribution is -0.246. The average Bonchev–Trinajstić information content (AvgIpc) is 3.41. The normalized spacial score (nSPS) is 46.9. The summed E-state index contributed by atoms with van der Waals surface area (Å²) in [4.78, 5) is 39.9. The highest BCUT2D eigenvalue weighted by Gasteiger charge is 2.72. The molecule has 0 bridgehead atoms. The number of carboxylic acids is 1. The third kappa shape index (κ3) is 5.06. The molecule has 6 rings (SSSR count).